The molecule has 0 spiro atoms. The third-order valence-corrected chi connectivity index (χ3v) is 2.93. The number of rotatable bonds is 5. The van der Waals surface area contributed by atoms with Crippen LogP contribution in [0.15, 0.2) is 18.2 Å². The van der Waals surface area contributed by atoms with Crippen molar-refractivity contribution < 1.29 is 14.6 Å². The molecular weight excluding hydrogens is 268 g/mol. The van der Waals surface area contributed by atoms with E-state index < -0.39 is 5.97 Å². The van der Waals surface area contributed by atoms with Crippen LogP contribution in [0.3, 0.4) is 0 Å². The fourth-order valence-corrected chi connectivity index (χ4v) is 2.19. The van der Waals surface area contributed by atoms with Crippen LogP contribution in [0.5, 0.6) is 0 Å². The number of imidazole rings is 1. The van der Waals surface area contributed by atoms with Crippen molar-refractivity contribution in [2.45, 2.75) is 26.5 Å². The van der Waals surface area contributed by atoms with Gasteiger partial charge in [0.2, 0.25) is 0 Å². The van der Waals surface area contributed by atoms with E-state index in [1.165, 1.54) is 0 Å². The van der Waals surface area contributed by atoms with Gasteiger partial charge in [-0.15, -0.1) is 0 Å². The molecule has 0 amide bonds. The third kappa shape index (κ3) is 3.05. The molecule has 0 unspecified atom stereocenters. The van der Waals surface area contributed by atoms with E-state index in [9.17, 15) is 4.79 Å². The molecule has 0 fully saturated rings. The van der Waals surface area contributed by atoms with Crippen LogP contribution in [0, 0.1) is 0 Å². The summed E-state index contributed by atoms with van der Waals surface area (Å²) in [5.74, 6) is -0.288. The van der Waals surface area contributed by atoms with Gasteiger partial charge in [0.15, 0.2) is 0 Å². The highest BCUT2D eigenvalue weighted by atomic mass is 35.5. The van der Waals surface area contributed by atoms with E-state index in [1.54, 1.807) is 6.07 Å². The summed E-state index contributed by atoms with van der Waals surface area (Å²) in [7, 11) is 0. The number of nitrogens with zero attached hydrogens (tertiary/aromatic N) is 2. The summed E-state index contributed by atoms with van der Waals surface area (Å²) in [6.07, 6.45) is 0. The number of hydrogen-bond donors (Lipinski definition) is 1. The number of aromatic nitrogens is 2. The van der Waals surface area contributed by atoms with E-state index in [0.29, 0.717) is 10.8 Å². The Labute approximate surface area is 115 Å². The van der Waals surface area contributed by atoms with Gasteiger partial charge in [-0.05, 0) is 32.0 Å². The van der Waals surface area contributed by atoms with Crippen molar-refractivity contribution >= 4 is 28.6 Å². The first-order valence-electron chi connectivity index (χ1n) is 5.95. The Kier molecular flexibility index (Phi) is 4.07. The molecule has 1 N–H and O–H groups in total. The quantitative estimate of drug-likeness (QED) is 0.916. The zero-order valence-corrected chi connectivity index (χ0v) is 11.5. The molecule has 1 aromatic heterocycles. The van der Waals surface area contributed by atoms with Crippen molar-refractivity contribution in [3.8, 4) is 0 Å². The van der Waals surface area contributed by atoms with Crippen LogP contribution in [0.1, 0.15) is 25.7 Å². The molecule has 0 aliphatic heterocycles. The SMILES string of the molecule is CC(C)n1c(COCC(=O)O)nc2ccc(Cl)cc21. The highest BCUT2D eigenvalue weighted by Gasteiger charge is 2.14. The molecule has 0 aliphatic rings. The number of aliphatic carboxylic acids is 1. The molecule has 6 heteroatoms. The van der Waals surface area contributed by atoms with Gasteiger partial charge < -0.3 is 14.4 Å². The lowest BCUT2D eigenvalue weighted by Gasteiger charge is -2.12. The topological polar surface area (TPSA) is 64.3 Å². The standard InChI is InChI=1S/C13H15ClN2O3/c1-8(2)16-11-5-9(14)3-4-10(11)15-12(16)6-19-7-13(17)18/h3-5,8H,6-7H2,1-2H3,(H,17,18). The molecule has 2 aromatic rings. The van der Waals surface area contributed by atoms with Crippen molar-refractivity contribution in [1.29, 1.82) is 0 Å². The molecular formula is C13H15ClN2O3. The van der Waals surface area contributed by atoms with Crippen molar-refractivity contribution in [3.05, 3.63) is 29.0 Å². The van der Waals surface area contributed by atoms with Crippen LogP contribution >= 0.6 is 11.6 Å². The first-order chi connectivity index (χ1) is 8.99. The molecule has 0 aliphatic carbocycles. The minimum atomic E-state index is -0.991. The molecule has 0 bridgehead atoms. The average molecular weight is 283 g/mol. The fraction of sp³-hybridized carbons (Fsp3) is 0.385. The Balaban J connectivity index is 2.36. The van der Waals surface area contributed by atoms with Crippen LogP contribution in [-0.4, -0.2) is 27.2 Å². The summed E-state index contributed by atoms with van der Waals surface area (Å²) < 4.78 is 7.12. The Bertz CT molecular complexity index is 607. The zero-order valence-electron chi connectivity index (χ0n) is 10.8. The lowest BCUT2D eigenvalue weighted by Crippen LogP contribution is -2.11. The molecule has 0 radical (unpaired) electrons. The summed E-state index contributed by atoms with van der Waals surface area (Å²) in [5, 5.41) is 9.22. The maximum absolute atomic E-state index is 10.5. The van der Waals surface area contributed by atoms with E-state index >= 15 is 0 Å². The smallest absolute Gasteiger partial charge is 0.329 e. The number of carboxylic acids is 1. The van der Waals surface area contributed by atoms with Crippen LogP contribution in [-0.2, 0) is 16.1 Å². The molecule has 1 heterocycles. The molecule has 19 heavy (non-hydrogen) atoms. The Morgan fingerprint density at radius 2 is 2.26 bits per heavy atom. The molecule has 2 rings (SSSR count). The number of fused-ring (bicyclic) bond motifs is 1. The highest BCUT2D eigenvalue weighted by molar-refractivity contribution is 6.31. The van der Waals surface area contributed by atoms with Crippen LogP contribution in [0.25, 0.3) is 11.0 Å². The Morgan fingerprint density at radius 1 is 1.53 bits per heavy atom. The van der Waals surface area contributed by atoms with Gasteiger partial charge in [-0.3, -0.25) is 0 Å². The van der Waals surface area contributed by atoms with Crippen LogP contribution < -0.4 is 0 Å². The van der Waals surface area contributed by atoms with Crippen molar-refractivity contribution in [1.82, 2.24) is 9.55 Å². The molecule has 0 saturated carbocycles. The lowest BCUT2D eigenvalue weighted by molar-refractivity contribution is -0.142. The zero-order chi connectivity index (χ0) is 14.0. The fourth-order valence-electron chi connectivity index (χ4n) is 2.02. The van der Waals surface area contributed by atoms with E-state index in [-0.39, 0.29) is 19.3 Å². The Hall–Kier alpha value is -1.59. The monoisotopic (exact) mass is 282 g/mol. The first-order valence-corrected chi connectivity index (χ1v) is 6.32. The predicted molar refractivity (Wildman–Crippen MR) is 72.4 cm³/mol. The van der Waals surface area contributed by atoms with Crippen LogP contribution in [0.4, 0.5) is 0 Å². The molecule has 0 saturated heterocycles. The average Bonchev–Trinajstić information content (AvgIpc) is 2.65. The van der Waals surface area contributed by atoms with Crippen molar-refractivity contribution in [2.24, 2.45) is 0 Å². The second kappa shape index (κ2) is 5.59. The number of benzene rings is 1. The van der Waals surface area contributed by atoms with Gasteiger partial charge >= 0.3 is 5.97 Å². The number of carboxylic acid groups (broad SMARTS) is 1. The van der Waals surface area contributed by atoms with Gasteiger partial charge in [0.1, 0.15) is 19.0 Å². The second-order valence-electron chi connectivity index (χ2n) is 4.51. The largest absolute Gasteiger partial charge is 0.480 e. The Morgan fingerprint density at radius 3 is 2.89 bits per heavy atom. The molecule has 0 atom stereocenters. The van der Waals surface area contributed by atoms with Gasteiger partial charge in [-0.1, -0.05) is 11.6 Å². The van der Waals surface area contributed by atoms with Gasteiger partial charge in [-0.2, -0.15) is 0 Å². The maximum atomic E-state index is 10.5. The van der Waals surface area contributed by atoms with E-state index in [1.807, 2.05) is 30.5 Å². The summed E-state index contributed by atoms with van der Waals surface area (Å²) in [4.78, 5) is 14.9. The van der Waals surface area contributed by atoms with Crippen molar-refractivity contribution in [2.75, 3.05) is 6.61 Å². The van der Waals surface area contributed by atoms with Crippen LogP contribution in [0.2, 0.25) is 5.02 Å². The number of ether oxygens (including phenoxy) is 1. The normalized spacial score (nSPS) is 11.4. The predicted octanol–water partition coefficient (Wildman–Crippen LogP) is 2.87. The molecule has 1 aromatic carbocycles. The first kappa shape index (κ1) is 13.8. The maximum Gasteiger partial charge on any atom is 0.329 e. The van der Waals surface area contributed by atoms with Gasteiger partial charge in [0, 0.05) is 11.1 Å². The highest BCUT2D eigenvalue weighted by Crippen LogP contribution is 2.24. The van der Waals surface area contributed by atoms with Gasteiger partial charge in [0.25, 0.3) is 0 Å². The van der Waals surface area contributed by atoms with E-state index in [4.69, 9.17) is 21.4 Å². The minimum absolute atomic E-state index is 0.163. The van der Waals surface area contributed by atoms with E-state index in [2.05, 4.69) is 4.98 Å². The summed E-state index contributed by atoms with van der Waals surface area (Å²) in [6, 6.07) is 5.66. The summed E-state index contributed by atoms with van der Waals surface area (Å²) >= 11 is 6.00. The summed E-state index contributed by atoms with van der Waals surface area (Å²) in [5.41, 5.74) is 1.75. The molecule has 102 valence electrons. The minimum Gasteiger partial charge on any atom is -0.480 e. The van der Waals surface area contributed by atoms with Gasteiger partial charge in [0.05, 0.1) is 11.0 Å². The third-order valence-electron chi connectivity index (χ3n) is 2.70. The second-order valence-corrected chi connectivity index (χ2v) is 4.95. The van der Waals surface area contributed by atoms with Gasteiger partial charge in [-0.25, -0.2) is 9.78 Å². The summed E-state index contributed by atoms with van der Waals surface area (Å²) in [6.45, 7) is 3.89. The lowest BCUT2D eigenvalue weighted by atomic mass is 10.3. The molecule has 5 nitrogen and oxygen atoms in total. The number of hydrogen-bond acceptors (Lipinski definition) is 3. The number of carbonyl (C=O) groups is 1. The number of halogens is 1. The van der Waals surface area contributed by atoms with E-state index in [0.717, 1.165) is 11.0 Å². The van der Waals surface area contributed by atoms with Crippen molar-refractivity contribution in [3.63, 3.8) is 0 Å².